The Kier molecular flexibility index (Phi) is 3.71. The van der Waals surface area contributed by atoms with Crippen LogP contribution in [0.1, 0.15) is 11.1 Å². The Morgan fingerprint density at radius 3 is 2.79 bits per heavy atom. The van der Waals surface area contributed by atoms with Crippen LogP contribution in [-0.2, 0) is 0 Å². The fourth-order valence-corrected chi connectivity index (χ4v) is 1.97. The molecule has 98 valence electrons. The Bertz CT molecular complexity index is 708. The zero-order chi connectivity index (χ0) is 14.0. The van der Waals surface area contributed by atoms with Crippen LogP contribution in [0.15, 0.2) is 44.7 Å². The van der Waals surface area contributed by atoms with E-state index in [1.54, 1.807) is 25.1 Å². The number of nitrogens with two attached hydrogens (primary N) is 1. The number of phenolic OH excluding ortho intramolecular Hbond substituents is 1. The molecular weight excluding hydrogens is 310 g/mol. The molecule has 3 N–H and O–H groups in total. The molecule has 6 heteroatoms. The first-order valence-corrected chi connectivity index (χ1v) is 6.29. The summed E-state index contributed by atoms with van der Waals surface area (Å²) in [6.45, 7) is 1.78. The molecule has 2 rings (SSSR count). The first-order chi connectivity index (χ1) is 8.97. The highest BCUT2D eigenvalue weighted by atomic mass is 79.9. The summed E-state index contributed by atoms with van der Waals surface area (Å²) in [4.78, 5) is 11.7. The number of anilines is 1. The summed E-state index contributed by atoms with van der Waals surface area (Å²) in [7, 11) is 0. The molecule has 2 aromatic rings. The third kappa shape index (κ3) is 3.03. The average molecular weight is 322 g/mol. The highest BCUT2D eigenvalue weighted by Crippen LogP contribution is 2.20. The maximum atomic E-state index is 11.7. The molecular formula is C13H12BrN3O2. The van der Waals surface area contributed by atoms with Gasteiger partial charge in [-0.05, 0) is 36.8 Å². The van der Waals surface area contributed by atoms with Crippen molar-refractivity contribution in [2.75, 3.05) is 5.73 Å². The number of benzene rings is 1. The van der Waals surface area contributed by atoms with Crippen molar-refractivity contribution in [2.45, 2.75) is 6.92 Å². The number of nitrogens with zero attached hydrogens (tertiary/aromatic N) is 2. The van der Waals surface area contributed by atoms with E-state index in [0.29, 0.717) is 5.56 Å². The first-order valence-electron chi connectivity index (χ1n) is 5.49. The summed E-state index contributed by atoms with van der Waals surface area (Å²) in [5.41, 5.74) is 6.68. The molecule has 0 spiro atoms. The second kappa shape index (κ2) is 5.27. The average Bonchev–Trinajstić information content (AvgIpc) is 2.32. The van der Waals surface area contributed by atoms with Gasteiger partial charge in [0.1, 0.15) is 11.6 Å². The van der Waals surface area contributed by atoms with Crippen LogP contribution in [0.25, 0.3) is 0 Å². The lowest BCUT2D eigenvalue weighted by Gasteiger charge is -2.04. The molecule has 0 fully saturated rings. The molecule has 0 saturated heterocycles. The molecule has 0 saturated carbocycles. The van der Waals surface area contributed by atoms with E-state index in [9.17, 15) is 9.90 Å². The minimum absolute atomic E-state index is 0.0747. The van der Waals surface area contributed by atoms with E-state index in [4.69, 9.17) is 5.73 Å². The molecule has 5 nitrogen and oxygen atoms in total. The van der Waals surface area contributed by atoms with Gasteiger partial charge in [-0.2, -0.15) is 9.78 Å². The third-order valence-corrected chi connectivity index (χ3v) is 2.98. The van der Waals surface area contributed by atoms with Gasteiger partial charge in [-0.25, -0.2) is 0 Å². The number of nitrogen functional groups attached to an aromatic ring is 1. The highest BCUT2D eigenvalue weighted by Gasteiger charge is 2.02. The molecule has 1 aromatic carbocycles. The largest absolute Gasteiger partial charge is 0.507 e. The predicted molar refractivity (Wildman–Crippen MR) is 78.7 cm³/mol. The van der Waals surface area contributed by atoms with Crippen LogP contribution in [-0.4, -0.2) is 16.0 Å². The summed E-state index contributed by atoms with van der Waals surface area (Å²) < 4.78 is 1.88. The Balaban J connectivity index is 2.44. The molecule has 1 heterocycles. The summed E-state index contributed by atoms with van der Waals surface area (Å²) in [5.74, 6) is 0.321. The van der Waals surface area contributed by atoms with E-state index in [0.717, 1.165) is 14.7 Å². The number of halogens is 1. The standard InChI is InChI=1S/C13H12BrN3O2/c1-8-4-12(15)17(13(19)5-8)16-7-9-6-10(14)2-3-11(9)18/h2-7,18H,15H2,1H3/b16-7+. The van der Waals surface area contributed by atoms with Crippen LogP contribution in [0, 0.1) is 6.92 Å². The molecule has 0 unspecified atom stereocenters. The summed E-state index contributed by atoms with van der Waals surface area (Å²) in [6.07, 6.45) is 1.38. The topological polar surface area (TPSA) is 80.6 Å². The van der Waals surface area contributed by atoms with E-state index in [1.807, 2.05) is 0 Å². The zero-order valence-corrected chi connectivity index (χ0v) is 11.8. The Morgan fingerprint density at radius 2 is 2.11 bits per heavy atom. The van der Waals surface area contributed by atoms with Gasteiger partial charge in [0.25, 0.3) is 5.56 Å². The van der Waals surface area contributed by atoms with Gasteiger partial charge in [0, 0.05) is 16.1 Å². The number of rotatable bonds is 2. The minimum Gasteiger partial charge on any atom is -0.507 e. The van der Waals surface area contributed by atoms with Crippen LogP contribution >= 0.6 is 15.9 Å². The predicted octanol–water partition coefficient (Wildman–Crippen LogP) is 2.09. The van der Waals surface area contributed by atoms with Crippen molar-refractivity contribution >= 4 is 28.0 Å². The maximum absolute atomic E-state index is 11.7. The van der Waals surface area contributed by atoms with Crippen molar-refractivity contribution in [1.82, 2.24) is 4.68 Å². The molecule has 19 heavy (non-hydrogen) atoms. The number of pyridine rings is 1. The number of aryl methyl sites for hydroxylation is 1. The summed E-state index contributed by atoms with van der Waals surface area (Å²) in [6, 6.07) is 8.02. The van der Waals surface area contributed by atoms with Gasteiger partial charge in [0.15, 0.2) is 0 Å². The lowest BCUT2D eigenvalue weighted by atomic mass is 10.2. The van der Waals surface area contributed by atoms with E-state index >= 15 is 0 Å². The van der Waals surface area contributed by atoms with Crippen molar-refractivity contribution < 1.29 is 5.11 Å². The van der Waals surface area contributed by atoms with E-state index in [-0.39, 0.29) is 17.1 Å². The molecule has 0 bridgehead atoms. The molecule has 0 aliphatic rings. The molecule has 0 aliphatic heterocycles. The van der Waals surface area contributed by atoms with Crippen molar-refractivity contribution in [2.24, 2.45) is 5.10 Å². The zero-order valence-electron chi connectivity index (χ0n) is 10.2. The Labute approximate surface area is 118 Å². The molecule has 1 aromatic heterocycles. The number of phenols is 1. The van der Waals surface area contributed by atoms with Crippen LogP contribution in [0.3, 0.4) is 0 Å². The number of aromatic hydroxyl groups is 1. The van der Waals surface area contributed by atoms with Crippen molar-refractivity contribution in [3.63, 3.8) is 0 Å². The van der Waals surface area contributed by atoms with Crippen molar-refractivity contribution in [1.29, 1.82) is 0 Å². The summed E-state index contributed by atoms with van der Waals surface area (Å²) in [5, 5.41) is 13.7. The van der Waals surface area contributed by atoms with E-state index in [2.05, 4.69) is 21.0 Å². The Morgan fingerprint density at radius 1 is 1.37 bits per heavy atom. The lowest BCUT2D eigenvalue weighted by molar-refractivity contribution is 0.474. The van der Waals surface area contributed by atoms with Gasteiger partial charge in [-0.1, -0.05) is 15.9 Å². The fourth-order valence-electron chi connectivity index (χ4n) is 1.59. The molecule has 0 amide bonds. The smallest absolute Gasteiger partial charge is 0.273 e. The van der Waals surface area contributed by atoms with E-state index in [1.165, 1.54) is 18.3 Å². The number of hydrogen-bond donors (Lipinski definition) is 2. The van der Waals surface area contributed by atoms with Gasteiger partial charge in [-0.3, -0.25) is 4.79 Å². The molecule has 0 radical (unpaired) electrons. The normalized spacial score (nSPS) is 11.1. The lowest BCUT2D eigenvalue weighted by Crippen LogP contribution is -2.19. The van der Waals surface area contributed by atoms with E-state index < -0.39 is 0 Å². The van der Waals surface area contributed by atoms with Gasteiger partial charge < -0.3 is 10.8 Å². The summed E-state index contributed by atoms with van der Waals surface area (Å²) >= 11 is 3.30. The Hall–Kier alpha value is -2.08. The van der Waals surface area contributed by atoms with Crippen molar-refractivity contribution in [3.05, 3.63) is 56.3 Å². The first kappa shape index (κ1) is 13.4. The fraction of sp³-hybridized carbons (Fsp3) is 0.0769. The second-order valence-corrected chi connectivity index (χ2v) is 4.97. The highest BCUT2D eigenvalue weighted by molar-refractivity contribution is 9.10. The molecule has 0 aliphatic carbocycles. The van der Waals surface area contributed by atoms with Crippen LogP contribution in [0.4, 0.5) is 5.82 Å². The SMILES string of the molecule is Cc1cc(N)n(/N=C/c2cc(Br)ccc2O)c(=O)c1. The monoisotopic (exact) mass is 321 g/mol. The van der Waals surface area contributed by atoms with Crippen LogP contribution in [0.2, 0.25) is 0 Å². The number of aromatic nitrogens is 1. The second-order valence-electron chi connectivity index (χ2n) is 4.06. The third-order valence-electron chi connectivity index (χ3n) is 2.48. The van der Waals surface area contributed by atoms with Crippen molar-refractivity contribution in [3.8, 4) is 5.75 Å². The van der Waals surface area contributed by atoms with Gasteiger partial charge >= 0.3 is 0 Å². The van der Waals surface area contributed by atoms with Gasteiger partial charge in [-0.15, -0.1) is 0 Å². The number of hydrogen-bond acceptors (Lipinski definition) is 4. The van der Waals surface area contributed by atoms with Gasteiger partial charge in [0.2, 0.25) is 0 Å². The molecule has 0 atom stereocenters. The minimum atomic E-state index is -0.316. The quantitative estimate of drug-likeness (QED) is 0.831. The maximum Gasteiger partial charge on any atom is 0.273 e. The van der Waals surface area contributed by atoms with Crippen LogP contribution < -0.4 is 11.3 Å². The van der Waals surface area contributed by atoms with Gasteiger partial charge in [0.05, 0.1) is 6.21 Å². The van der Waals surface area contributed by atoms with Crippen LogP contribution in [0.5, 0.6) is 5.75 Å².